The van der Waals surface area contributed by atoms with Crippen molar-refractivity contribution in [3.05, 3.63) is 101 Å². The molecule has 0 aromatic heterocycles. The molecule has 5 heteroatoms. The Labute approximate surface area is 207 Å². The number of para-hydroxylation sites is 2. The first-order valence-electron chi connectivity index (χ1n) is 12.2. The number of carbonyl (C=O) groups excluding carboxylic acids is 2. The van der Waals surface area contributed by atoms with E-state index in [4.69, 9.17) is 0 Å². The SMILES string of the molecule is CCC(=O)N1c2ccccc2NC2=C(C(=O)CC(c3ccccc3)C2)C1c1ccc(N(C)C)cc1. The van der Waals surface area contributed by atoms with E-state index in [0.717, 1.165) is 34.7 Å². The molecule has 178 valence electrons. The number of nitrogens with one attached hydrogen (secondary N) is 1. The molecule has 0 saturated carbocycles. The molecular weight excluding hydrogens is 434 g/mol. The van der Waals surface area contributed by atoms with Gasteiger partial charge < -0.3 is 10.2 Å². The van der Waals surface area contributed by atoms with Gasteiger partial charge in [-0.1, -0.05) is 61.5 Å². The van der Waals surface area contributed by atoms with Crippen LogP contribution in [0.2, 0.25) is 0 Å². The largest absolute Gasteiger partial charge is 0.378 e. The van der Waals surface area contributed by atoms with Gasteiger partial charge in [0.05, 0.1) is 17.4 Å². The predicted octanol–water partition coefficient (Wildman–Crippen LogP) is 6.06. The summed E-state index contributed by atoms with van der Waals surface area (Å²) in [7, 11) is 4.01. The quantitative estimate of drug-likeness (QED) is 0.509. The second-order valence-corrected chi connectivity index (χ2v) is 9.48. The van der Waals surface area contributed by atoms with Crippen molar-refractivity contribution in [2.45, 2.75) is 38.1 Å². The van der Waals surface area contributed by atoms with Crippen LogP contribution in [0.3, 0.4) is 0 Å². The van der Waals surface area contributed by atoms with Crippen molar-refractivity contribution in [2.75, 3.05) is 29.2 Å². The third kappa shape index (κ3) is 4.23. The number of ketones is 1. The van der Waals surface area contributed by atoms with Crippen LogP contribution in [0.15, 0.2) is 90.1 Å². The smallest absolute Gasteiger partial charge is 0.227 e. The van der Waals surface area contributed by atoms with Crippen LogP contribution in [0.25, 0.3) is 0 Å². The average molecular weight is 466 g/mol. The van der Waals surface area contributed by atoms with Gasteiger partial charge in [0.1, 0.15) is 0 Å². The van der Waals surface area contributed by atoms with Crippen LogP contribution in [-0.2, 0) is 9.59 Å². The number of hydrogen-bond acceptors (Lipinski definition) is 4. The third-order valence-corrected chi connectivity index (χ3v) is 7.06. The van der Waals surface area contributed by atoms with Gasteiger partial charge in [0.2, 0.25) is 5.91 Å². The lowest BCUT2D eigenvalue weighted by Crippen LogP contribution is -2.38. The molecule has 5 nitrogen and oxygen atoms in total. The van der Waals surface area contributed by atoms with Gasteiger partial charge in [0.15, 0.2) is 5.78 Å². The lowest BCUT2D eigenvalue weighted by molar-refractivity contribution is -0.119. The van der Waals surface area contributed by atoms with E-state index < -0.39 is 6.04 Å². The van der Waals surface area contributed by atoms with E-state index in [2.05, 4.69) is 29.6 Å². The predicted molar refractivity (Wildman–Crippen MR) is 142 cm³/mol. The minimum absolute atomic E-state index is 0.00679. The van der Waals surface area contributed by atoms with Gasteiger partial charge in [-0.05, 0) is 47.7 Å². The van der Waals surface area contributed by atoms with Gasteiger partial charge in [-0.2, -0.15) is 0 Å². The van der Waals surface area contributed by atoms with Crippen LogP contribution in [0, 0.1) is 0 Å². The molecule has 3 aromatic carbocycles. The summed E-state index contributed by atoms with van der Waals surface area (Å²) in [5.41, 5.74) is 6.45. The number of rotatable bonds is 4. The summed E-state index contributed by atoms with van der Waals surface area (Å²) in [6, 6.07) is 25.8. The fourth-order valence-electron chi connectivity index (χ4n) is 5.27. The summed E-state index contributed by atoms with van der Waals surface area (Å²) in [6.07, 6.45) is 1.51. The molecule has 1 aliphatic heterocycles. The molecule has 0 radical (unpaired) electrons. The Hall–Kier alpha value is -3.86. The summed E-state index contributed by atoms with van der Waals surface area (Å²) >= 11 is 0. The van der Waals surface area contributed by atoms with Gasteiger partial charge in [0, 0.05) is 43.9 Å². The fraction of sp³-hybridized carbons (Fsp3) is 0.267. The third-order valence-electron chi connectivity index (χ3n) is 7.06. The first-order valence-corrected chi connectivity index (χ1v) is 12.2. The molecule has 0 spiro atoms. The molecule has 2 unspecified atom stereocenters. The molecule has 1 heterocycles. The van der Waals surface area contributed by atoms with Crippen LogP contribution in [-0.4, -0.2) is 25.8 Å². The fourth-order valence-corrected chi connectivity index (χ4v) is 5.27. The van der Waals surface area contributed by atoms with E-state index in [1.54, 1.807) is 0 Å². The first kappa shape index (κ1) is 22.9. The van der Waals surface area contributed by atoms with E-state index in [1.165, 1.54) is 5.56 Å². The maximum atomic E-state index is 13.9. The van der Waals surface area contributed by atoms with Crippen molar-refractivity contribution in [3.63, 3.8) is 0 Å². The maximum absolute atomic E-state index is 13.9. The minimum Gasteiger partial charge on any atom is -0.378 e. The zero-order chi connectivity index (χ0) is 24.5. The molecule has 0 saturated heterocycles. The zero-order valence-corrected chi connectivity index (χ0v) is 20.5. The number of fused-ring (bicyclic) bond motifs is 1. The first-order chi connectivity index (χ1) is 17.0. The monoisotopic (exact) mass is 465 g/mol. The second-order valence-electron chi connectivity index (χ2n) is 9.48. The molecule has 0 bridgehead atoms. The standard InChI is InChI=1S/C30H31N3O2/c1-4-28(35)33-26-13-9-8-12-24(26)31-25-18-22(20-10-6-5-7-11-20)19-27(34)29(25)30(33)21-14-16-23(17-15-21)32(2)3/h5-17,22,30-31H,4,18-19H2,1-3H3. The van der Waals surface area contributed by atoms with Gasteiger partial charge >= 0.3 is 0 Å². The van der Waals surface area contributed by atoms with Gasteiger partial charge in [0.25, 0.3) is 0 Å². The van der Waals surface area contributed by atoms with Crippen molar-refractivity contribution in [1.82, 2.24) is 0 Å². The van der Waals surface area contributed by atoms with Crippen molar-refractivity contribution < 1.29 is 9.59 Å². The molecular formula is C30H31N3O2. The Bertz CT molecular complexity index is 1280. The van der Waals surface area contributed by atoms with Gasteiger partial charge in [-0.25, -0.2) is 0 Å². The van der Waals surface area contributed by atoms with Crippen molar-refractivity contribution in [2.24, 2.45) is 0 Å². The van der Waals surface area contributed by atoms with Crippen molar-refractivity contribution in [1.29, 1.82) is 0 Å². The molecule has 35 heavy (non-hydrogen) atoms. The molecule has 3 aromatic rings. The van der Waals surface area contributed by atoms with Crippen LogP contribution in [0.5, 0.6) is 0 Å². The lowest BCUT2D eigenvalue weighted by atomic mass is 9.78. The Morgan fingerprint density at radius 1 is 0.914 bits per heavy atom. The topological polar surface area (TPSA) is 52.7 Å². The van der Waals surface area contributed by atoms with Gasteiger partial charge in [-0.15, -0.1) is 0 Å². The summed E-state index contributed by atoms with van der Waals surface area (Å²) < 4.78 is 0. The highest BCUT2D eigenvalue weighted by atomic mass is 16.2. The van der Waals surface area contributed by atoms with Crippen LogP contribution in [0.1, 0.15) is 49.3 Å². The molecule has 1 aliphatic carbocycles. The number of carbonyl (C=O) groups is 2. The van der Waals surface area contributed by atoms with E-state index in [1.807, 2.05) is 85.4 Å². The molecule has 2 aliphatic rings. The van der Waals surface area contributed by atoms with Crippen LogP contribution in [0.4, 0.5) is 17.1 Å². The van der Waals surface area contributed by atoms with Crippen molar-refractivity contribution in [3.8, 4) is 0 Å². The van der Waals surface area contributed by atoms with E-state index in [9.17, 15) is 9.59 Å². The number of amides is 1. The number of anilines is 3. The molecule has 2 atom stereocenters. The summed E-state index contributed by atoms with van der Waals surface area (Å²) in [5.74, 6) is 0.191. The van der Waals surface area contributed by atoms with E-state index in [-0.39, 0.29) is 17.6 Å². The highest BCUT2D eigenvalue weighted by Gasteiger charge is 2.41. The highest BCUT2D eigenvalue weighted by Crippen LogP contribution is 2.47. The van der Waals surface area contributed by atoms with E-state index in [0.29, 0.717) is 18.4 Å². The molecule has 5 rings (SSSR count). The highest BCUT2D eigenvalue weighted by molar-refractivity contribution is 6.06. The maximum Gasteiger partial charge on any atom is 0.227 e. The summed E-state index contributed by atoms with van der Waals surface area (Å²) in [4.78, 5) is 31.2. The normalized spacial score (nSPS) is 19.4. The number of benzene rings is 3. The Morgan fingerprint density at radius 2 is 1.60 bits per heavy atom. The van der Waals surface area contributed by atoms with Crippen molar-refractivity contribution >= 4 is 28.8 Å². The molecule has 1 amide bonds. The Morgan fingerprint density at radius 3 is 2.29 bits per heavy atom. The number of hydrogen-bond donors (Lipinski definition) is 1. The Balaban J connectivity index is 1.70. The number of nitrogens with zero attached hydrogens (tertiary/aromatic N) is 2. The van der Waals surface area contributed by atoms with Crippen LogP contribution >= 0.6 is 0 Å². The lowest BCUT2D eigenvalue weighted by Gasteiger charge is -2.35. The average Bonchev–Trinajstić information content (AvgIpc) is 3.03. The van der Waals surface area contributed by atoms with Crippen LogP contribution < -0.4 is 15.1 Å². The molecule has 1 N–H and O–H groups in total. The summed E-state index contributed by atoms with van der Waals surface area (Å²) in [6.45, 7) is 1.87. The Kier molecular flexibility index (Phi) is 6.16. The second kappa shape index (κ2) is 9.41. The zero-order valence-electron chi connectivity index (χ0n) is 20.5. The van der Waals surface area contributed by atoms with Gasteiger partial charge in [-0.3, -0.25) is 14.5 Å². The van der Waals surface area contributed by atoms with E-state index >= 15 is 0 Å². The minimum atomic E-state index is -0.478. The summed E-state index contributed by atoms with van der Waals surface area (Å²) in [5, 5.41) is 3.59. The number of Topliss-reactive ketones (excluding diaryl/α,β-unsaturated/α-hetero) is 1. The number of allylic oxidation sites excluding steroid dienone is 1. The molecule has 0 fully saturated rings.